The average Bonchev–Trinajstić information content (AvgIpc) is 2.74. The van der Waals surface area contributed by atoms with Crippen LogP contribution in [0.1, 0.15) is 50.5 Å². The Labute approximate surface area is 182 Å². The van der Waals surface area contributed by atoms with Gasteiger partial charge in [0.25, 0.3) is 5.91 Å². The van der Waals surface area contributed by atoms with Crippen molar-refractivity contribution in [1.29, 1.82) is 0 Å². The summed E-state index contributed by atoms with van der Waals surface area (Å²) >= 11 is 6.33. The van der Waals surface area contributed by atoms with Crippen molar-refractivity contribution in [2.45, 2.75) is 51.0 Å². The molecule has 0 bridgehead atoms. The first kappa shape index (κ1) is 23.4. The van der Waals surface area contributed by atoms with E-state index in [9.17, 15) is 9.59 Å². The van der Waals surface area contributed by atoms with Gasteiger partial charge in [0.05, 0.1) is 5.02 Å². The quantitative estimate of drug-likeness (QED) is 0.367. The normalized spacial score (nSPS) is 20.2. The molecule has 0 spiro atoms. The molecule has 3 rings (SSSR count). The number of hydrogen-bond acceptors (Lipinski definition) is 5. The number of nitrogens with one attached hydrogen (secondary N) is 2. The molecule has 1 aromatic heterocycles. The number of likely N-dealkylation sites (tertiary alicyclic amines) is 1. The highest BCUT2D eigenvalue weighted by atomic mass is 35.5. The fourth-order valence-electron chi connectivity index (χ4n) is 3.96. The molecule has 2 aliphatic rings. The predicted octanol–water partition coefficient (Wildman–Crippen LogP) is 3.66. The van der Waals surface area contributed by atoms with Crippen molar-refractivity contribution in [3.8, 4) is 0 Å². The molecule has 9 heteroatoms. The monoisotopic (exact) mass is 442 g/mol. The highest BCUT2D eigenvalue weighted by Crippen LogP contribution is 2.28. The minimum absolute atomic E-state index is 0. The molecule has 1 atom stereocenters. The van der Waals surface area contributed by atoms with Gasteiger partial charge in [-0.3, -0.25) is 14.8 Å². The molecule has 7 nitrogen and oxygen atoms in total. The van der Waals surface area contributed by atoms with E-state index >= 15 is 0 Å². The Morgan fingerprint density at radius 1 is 1.21 bits per heavy atom. The number of nitrogens with zero attached hydrogens (tertiary/aromatic N) is 2. The lowest BCUT2D eigenvalue weighted by Gasteiger charge is -2.36. The van der Waals surface area contributed by atoms with Crippen molar-refractivity contribution in [2.75, 3.05) is 18.4 Å². The van der Waals surface area contributed by atoms with Crippen LogP contribution < -0.4 is 10.8 Å². The molecule has 0 radical (unpaired) electrons. The first-order chi connectivity index (χ1) is 13.6. The van der Waals surface area contributed by atoms with Gasteiger partial charge < -0.3 is 10.2 Å². The van der Waals surface area contributed by atoms with Crippen LogP contribution in [0.3, 0.4) is 0 Å². The number of aromatic nitrogens is 1. The zero-order valence-electron chi connectivity index (χ0n) is 16.3. The zero-order valence-corrected chi connectivity index (χ0v) is 17.8. The second-order valence-corrected chi connectivity index (χ2v) is 7.92. The maximum atomic E-state index is 12.8. The third-order valence-electron chi connectivity index (χ3n) is 5.43. The van der Waals surface area contributed by atoms with E-state index in [1.165, 1.54) is 24.1 Å². The van der Waals surface area contributed by atoms with E-state index in [0.717, 1.165) is 45.1 Å². The van der Waals surface area contributed by atoms with E-state index in [4.69, 9.17) is 16.8 Å². The summed E-state index contributed by atoms with van der Waals surface area (Å²) in [6, 6.07) is 1.82. The summed E-state index contributed by atoms with van der Waals surface area (Å²) in [4.78, 5) is 30.2. The fraction of sp³-hybridized carbons (Fsp3) is 0.550. The molecule has 29 heavy (non-hydrogen) atoms. The van der Waals surface area contributed by atoms with E-state index in [1.807, 2.05) is 4.90 Å². The van der Waals surface area contributed by atoms with Crippen LogP contribution in [0, 0.1) is 5.92 Å². The van der Waals surface area contributed by atoms with Gasteiger partial charge in [0.2, 0.25) is 5.91 Å². The number of anilines is 1. The van der Waals surface area contributed by atoms with E-state index in [1.54, 1.807) is 12.3 Å². The summed E-state index contributed by atoms with van der Waals surface area (Å²) in [6.07, 6.45) is 11.8. The molecule has 0 unspecified atom stereocenters. The summed E-state index contributed by atoms with van der Waals surface area (Å²) in [6.45, 7) is 1.50. The van der Waals surface area contributed by atoms with Crippen LogP contribution >= 0.6 is 24.0 Å². The summed E-state index contributed by atoms with van der Waals surface area (Å²) in [7, 11) is 0. The van der Waals surface area contributed by atoms with E-state index in [-0.39, 0.29) is 24.4 Å². The second kappa shape index (κ2) is 11.4. The van der Waals surface area contributed by atoms with Crippen LogP contribution in [0.2, 0.25) is 5.02 Å². The molecular weight excluding hydrogens is 415 g/mol. The zero-order chi connectivity index (χ0) is 19.9. The van der Waals surface area contributed by atoms with Crippen LogP contribution in [0.4, 0.5) is 5.82 Å². The smallest absolute Gasteiger partial charge is 0.267 e. The molecule has 160 valence electrons. The first-order valence-electron chi connectivity index (χ1n) is 9.90. The molecule has 1 aliphatic carbocycles. The Hall–Kier alpha value is -1.83. The molecule has 1 saturated heterocycles. The van der Waals surface area contributed by atoms with Crippen molar-refractivity contribution in [3.05, 3.63) is 28.9 Å². The van der Waals surface area contributed by atoms with Crippen molar-refractivity contribution in [2.24, 2.45) is 5.92 Å². The molecule has 3 N–H and O–H groups in total. The summed E-state index contributed by atoms with van der Waals surface area (Å²) in [5, 5.41) is 12.3. The number of hydroxylamine groups is 1. The number of rotatable bonds is 5. The van der Waals surface area contributed by atoms with Gasteiger partial charge in [0.15, 0.2) is 0 Å². The summed E-state index contributed by atoms with van der Waals surface area (Å²) in [5.74, 6) is 0.440. The van der Waals surface area contributed by atoms with Gasteiger partial charge in [0, 0.05) is 37.3 Å². The molecule has 1 aliphatic heterocycles. The topological polar surface area (TPSA) is 94.6 Å². The highest BCUT2D eigenvalue weighted by molar-refractivity contribution is 6.33. The maximum absolute atomic E-state index is 12.8. The number of pyridine rings is 1. The minimum atomic E-state index is -0.622. The van der Waals surface area contributed by atoms with Gasteiger partial charge in [0.1, 0.15) is 5.82 Å². The number of amides is 2. The average molecular weight is 443 g/mol. The standard InChI is InChI=1S/C20H27ClN4O3.ClH/c21-17-11-14(8-9-18(26)24-28)12-22-19(17)23-16-7-4-10-25(13-16)20(27)15-5-2-1-3-6-15;/h8-9,11-12,15-16,28H,1-7,10,13H2,(H,22,23)(H,24,26);1H/t16-;/m1./s1. The van der Waals surface area contributed by atoms with Crippen molar-refractivity contribution in [3.63, 3.8) is 0 Å². The summed E-state index contributed by atoms with van der Waals surface area (Å²) in [5.41, 5.74) is 2.18. The Morgan fingerprint density at radius 2 is 1.97 bits per heavy atom. The van der Waals surface area contributed by atoms with Crippen LogP contribution in [-0.4, -0.2) is 46.0 Å². The van der Waals surface area contributed by atoms with Gasteiger partial charge in [-0.15, -0.1) is 12.4 Å². The van der Waals surface area contributed by atoms with Gasteiger partial charge >= 0.3 is 0 Å². The van der Waals surface area contributed by atoms with Gasteiger partial charge in [-0.2, -0.15) is 0 Å². The fourth-order valence-corrected chi connectivity index (χ4v) is 4.18. The Balaban J connectivity index is 0.00000300. The van der Waals surface area contributed by atoms with Crippen molar-refractivity contribution >= 4 is 47.7 Å². The van der Waals surface area contributed by atoms with Gasteiger partial charge in [-0.25, -0.2) is 10.5 Å². The maximum Gasteiger partial charge on any atom is 0.267 e. The largest absolute Gasteiger partial charge is 0.364 e. The Bertz CT molecular complexity index is 738. The number of halogens is 2. The van der Waals surface area contributed by atoms with Crippen molar-refractivity contribution < 1.29 is 14.8 Å². The molecular formula is C20H28Cl2N4O3. The molecule has 2 fully saturated rings. The third kappa shape index (κ3) is 6.59. The van der Waals surface area contributed by atoms with Gasteiger partial charge in [-0.05, 0) is 43.4 Å². The lowest BCUT2D eigenvalue weighted by atomic mass is 9.87. The molecule has 2 amide bonds. The van der Waals surface area contributed by atoms with Gasteiger partial charge in [-0.1, -0.05) is 30.9 Å². The van der Waals surface area contributed by atoms with Crippen LogP contribution in [0.15, 0.2) is 18.3 Å². The SMILES string of the molecule is Cl.O=C(C=Cc1cnc(N[C@@H]2CCCN(C(=O)C3CCCCC3)C2)c(Cl)c1)NO. The third-order valence-corrected chi connectivity index (χ3v) is 5.72. The van der Waals surface area contributed by atoms with Crippen molar-refractivity contribution in [1.82, 2.24) is 15.4 Å². The van der Waals surface area contributed by atoms with E-state index in [0.29, 0.717) is 28.9 Å². The Morgan fingerprint density at radius 3 is 2.66 bits per heavy atom. The van der Waals surface area contributed by atoms with E-state index < -0.39 is 5.91 Å². The highest BCUT2D eigenvalue weighted by Gasteiger charge is 2.30. The number of carbonyl (C=O) groups is 2. The van der Waals surface area contributed by atoms with Crippen LogP contribution in [0.5, 0.6) is 0 Å². The number of hydrogen-bond donors (Lipinski definition) is 3. The lowest BCUT2D eigenvalue weighted by Crippen LogP contribution is -2.47. The van der Waals surface area contributed by atoms with Crippen LogP contribution in [0.25, 0.3) is 6.08 Å². The molecule has 2 heterocycles. The lowest BCUT2D eigenvalue weighted by molar-refractivity contribution is -0.137. The molecule has 0 aromatic carbocycles. The summed E-state index contributed by atoms with van der Waals surface area (Å²) < 4.78 is 0. The minimum Gasteiger partial charge on any atom is -0.364 e. The first-order valence-corrected chi connectivity index (χ1v) is 10.3. The molecule has 1 aromatic rings. The van der Waals surface area contributed by atoms with E-state index in [2.05, 4.69) is 10.3 Å². The number of piperidine rings is 1. The van der Waals surface area contributed by atoms with Crippen LogP contribution in [-0.2, 0) is 9.59 Å². The second-order valence-electron chi connectivity index (χ2n) is 7.51. The predicted molar refractivity (Wildman–Crippen MR) is 115 cm³/mol. The molecule has 1 saturated carbocycles. The Kier molecular flexibility index (Phi) is 9.20. The number of carbonyl (C=O) groups excluding carboxylic acids is 2.